The van der Waals surface area contributed by atoms with Gasteiger partial charge in [-0.15, -0.1) is 0 Å². The molecule has 1 aliphatic rings. The van der Waals surface area contributed by atoms with Crippen LogP contribution in [0.2, 0.25) is 0 Å². The predicted molar refractivity (Wildman–Crippen MR) is 97.6 cm³/mol. The summed E-state index contributed by atoms with van der Waals surface area (Å²) in [5.74, 6) is 0. The van der Waals surface area contributed by atoms with Crippen molar-refractivity contribution in [2.75, 3.05) is 0 Å². The molecule has 0 N–H and O–H groups in total. The number of allylic oxidation sites excluding steroid dienone is 1. The van der Waals surface area contributed by atoms with Gasteiger partial charge in [-0.3, -0.25) is 0 Å². The van der Waals surface area contributed by atoms with Crippen LogP contribution in [0.1, 0.15) is 27.9 Å². The maximum atomic E-state index is 13.7. The lowest BCUT2D eigenvalue weighted by Crippen LogP contribution is -2.08. The summed E-state index contributed by atoms with van der Waals surface area (Å²) in [4.78, 5) is 11.8. The van der Waals surface area contributed by atoms with Gasteiger partial charge >= 0.3 is 6.18 Å². The van der Waals surface area contributed by atoms with Gasteiger partial charge in [0.15, 0.2) is 0 Å². The molecule has 0 unspecified atom stereocenters. The average Bonchev–Trinajstić information content (AvgIpc) is 3.05. The predicted octanol–water partition coefficient (Wildman–Crippen LogP) is 4.57. The van der Waals surface area contributed by atoms with Crippen LogP contribution < -0.4 is 0 Å². The summed E-state index contributed by atoms with van der Waals surface area (Å²) < 4.78 is 41.1. The van der Waals surface area contributed by atoms with Gasteiger partial charge in [-0.05, 0) is 23.8 Å². The van der Waals surface area contributed by atoms with E-state index in [-0.39, 0.29) is 50.2 Å². The van der Waals surface area contributed by atoms with Crippen molar-refractivity contribution in [1.82, 2.24) is 9.97 Å². The van der Waals surface area contributed by atoms with E-state index in [1.165, 1.54) is 24.3 Å². The molecule has 3 aromatic rings. The Labute approximate surface area is 167 Å². The average molecular weight is 398 g/mol. The Kier molecular flexibility index (Phi) is 3.98. The number of aromatic nitrogens is 2. The van der Waals surface area contributed by atoms with Crippen molar-refractivity contribution < 1.29 is 13.2 Å². The van der Waals surface area contributed by atoms with Crippen LogP contribution in [0.5, 0.6) is 0 Å². The number of rotatable bonds is 0. The number of benzene rings is 2. The molecule has 0 bridgehead atoms. The van der Waals surface area contributed by atoms with Crippen LogP contribution >= 0.6 is 0 Å². The molecule has 0 aliphatic heterocycles. The largest absolute Gasteiger partial charge is 0.416 e. The first kappa shape index (κ1) is 18.6. The van der Waals surface area contributed by atoms with Crippen LogP contribution in [0.15, 0.2) is 36.0 Å². The van der Waals surface area contributed by atoms with Crippen molar-refractivity contribution in [2.24, 2.45) is 0 Å². The molecular weight excluding hydrogens is 393 g/mol. The second-order valence-electron chi connectivity index (χ2n) is 6.20. The summed E-state index contributed by atoms with van der Waals surface area (Å²) in [5.41, 5.74) is -1.58. The summed E-state index contributed by atoms with van der Waals surface area (Å²) in [6.45, 7) is 7.25. The fraction of sp³-hybridized carbons (Fsp3) is 0.0476. The maximum Gasteiger partial charge on any atom is 0.416 e. The van der Waals surface area contributed by atoms with E-state index >= 15 is 0 Å². The second-order valence-corrected chi connectivity index (χ2v) is 6.20. The molecule has 140 valence electrons. The number of fused-ring (bicyclic) bond motifs is 4. The van der Waals surface area contributed by atoms with Gasteiger partial charge in [0.25, 0.3) is 5.70 Å². The van der Waals surface area contributed by atoms with Gasteiger partial charge in [0.2, 0.25) is 0 Å². The van der Waals surface area contributed by atoms with Gasteiger partial charge in [-0.1, -0.05) is 12.1 Å². The molecular formula is C21H5F3N6. The smallest absolute Gasteiger partial charge is 0.245 e. The highest BCUT2D eigenvalue weighted by Gasteiger charge is 2.40. The van der Waals surface area contributed by atoms with Gasteiger partial charge in [-0.2, -0.15) is 23.7 Å². The van der Waals surface area contributed by atoms with Crippen molar-refractivity contribution in [1.29, 1.82) is 15.8 Å². The van der Waals surface area contributed by atoms with Crippen molar-refractivity contribution >= 4 is 16.6 Å². The summed E-state index contributed by atoms with van der Waals surface area (Å²) >= 11 is 0. The molecule has 0 radical (unpaired) electrons. The Morgan fingerprint density at radius 2 is 1.57 bits per heavy atom. The van der Waals surface area contributed by atoms with Crippen LogP contribution in [0.4, 0.5) is 13.2 Å². The second kappa shape index (κ2) is 6.41. The number of nitriles is 3. The van der Waals surface area contributed by atoms with Gasteiger partial charge in [0.05, 0.1) is 51.8 Å². The molecule has 0 saturated heterocycles. The van der Waals surface area contributed by atoms with Gasteiger partial charge in [-0.25, -0.2) is 20.1 Å². The molecule has 0 spiro atoms. The third-order valence-electron chi connectivity index (χ3n) is 4.61. The minimum atomic E-state index is -4.73. The summed E-state index contributed by atoms with van der Waals surface area (Å²) in [6.07, 6.45) is -4.73. The van der Waals surface area contributed by atoms with Crippen LogP contribution in [-0.4, -0.2) is 9.97 Å². The number of alkyl halides is 3. The number of nitrogens with zero attached hydrogens (tertiary/aromatic N) is 6. The van der Waals surface area contributed by atoms with Crippen molar-refractivity contribution in [3.05, 3.63) is 75.4 Å². The fourth-order valence-electron chi connectivity index (χ4n) is 3.39. The lowest BCUT2D eigenvalue weighted by molar-refractivity contribution is -0.137. The van der Waals surface area contributed by atoms with E-state index in [1.54, 1.807) is 6.07 Å². The van der Waals surface area contributed by atoms with Crippen molar-refractivity contribution in [3.63, 3.8) is 0 Å². The Bertz CT molecular complexity index is 1450. The highest BCUT2D eigenvalue weighted by molar-refractivity contribution is 6.03. The van der Waals surface area contributed by atoms with E-state index < -0.39 is 17.4 Å². The van der Waals surface area contributed by atoms with Crippen LogP contribution in [0.3, 0.4) is 0 Å². The Hall–Kier alpha value is -4.73. The molecule has 4 rings (SSSR count). The lowest BCUT2D eigenvalue weighted by Gasteiger charge is -2.13. The zero-order valence-electron chi connectivity index (χ0n) is 14.7. The molecule has 2 aromatic carbocycles. The highest BCUT2D eigenvalue weighted by atomic mass is 19.4. The van der Waals surface area contributed by atoms with Crippen LogP contribution in [0, 0.1) is 40.6 Å². The molecule has 30 heavy (non-hydrogen) atoms. The summed E-state index contributed by atoms with van der Waals surface area (Å²) in [7, 11) is 0. The van der Waals surface area contributed by atoms with Gasteiger partial charge < -0.3 is 0 Å². The topological polar surface area (TPSA) is 102 Å². The Morgan fingerprint density at radius 1 is 0.967 bits per heavy atom. The summed E-state index contributed by atoms with van der Waals surface area (Å²) in [6, 6.07) is 11.5. The molecule has 0 fully saturated rings. The molecule has 1 aromatic heterocycles. The molecule has 1 aliphatic carbocycles. The number of hydrogen-bond donors (Lipinski definition) is 0. The van der Waals surface area contributed by atoms with Crippen molar-refractivity contribution in [3.8, 4) is 29.5 Å². The first-order valence-electron chi connectivity index (χ1n) is 8.23. The van der Waals surface area contributed by atoms with E-state index in [2.05, 4.69) is 14.8 Å². The highest BCUT2D eigenvalue weighted by Crippen LogP contribution is 2.49. The van der Waals surface area contributed by atoms with E-state index in [9.17, 15) is 29.0 Å². The normalized spacial score (nSPS) is 13.4. The standard InChI is InChI=1S/C21H5F3N6/c1-28-16(9-27)18-17-12(3-2-4-13(17)21(22,23)24)19-20(18)30-15-6-11(8-26)10(7-25)5-14(15)29-19/h2-6H/b18-16+. The first-order chi connectivity index (χ1) is 14.3. The maximum absolute atomic E-state index is 13.7. The van der Waals surface area contributed by atoms with E-state index in [4.69, 9.17) is 6.57 Å². The Balaban J connectivity index is 2.19. The fourth-order valence-corrected chi connectivity index (χ4v) is 3.39. The molecule has 6 nitrogen and oxygen atoms in total. The van der Waals surface area contributed by atoms with Crippen molar-refractivity contribution in [2.45, 2.75) is 6.18 Å². The Morgan fingerprint density at radius 3 is 2.07 bits per heavy atom. The minimum absolute atomic E-state index is 0.0296. The van der Waals surface area contributed by atoms with Gasteiger partial charge in [0, 0.05) is 11.1 Å². The molecule has 1 heterocycles. The SMILES string of the molecule is [C-]#[N+]/C(C#N)=C1/c2nc3cc(C#N)c(C#N)cc3nc2-c2cccc(C(F)(F)F)c21. The molecule has 0 atom stereocenters. The first-order valence-corrected chi connectivity index (χ1v) is 8.23. The minimum Gasteiger partial charge on any atom is -0.245 e. The van der Waals surface area contributed by atoms with E-state index in [0.29, 0.717) is 0 Å². The van der Waals surface area contributed by atoms with E-state index in [0.717, 1.165) is 6.07 Å². The number of hydrogen-bond acceptors (Lipinski definition) is 5. The molecule has 0 saturated carbocycles. The monoisotopic (exact) mass is 398 g/mol. The van der Waals surface area contributed by atoms with Crippen LogP contribution in [-0.2, 0) is 6.18 Å². The third kappa shape index (κ3) is 2.55. The quantitative estimate of drug-likeness (QED) is 0.319. The van der Waals surface area contributed by atoms with Gasteiger partial charge in [0.1, 0.15) is 12.1 Å². The summed E-state index contributed by atoms with van der Waals surface area (Å²) in [5, 5.41) is 27.8. The van der Waals surface area contributed by atoms with E-state index in [1.807, 2.05) is 12.1 Å². The zero-order valence-corrected chi connectivity index (χ0v) is 14.7. The number of halogens is 3. The van der Waals surface area contributed by atoms with Crippen LogP contribution in [0.25, 0.3) is 32.7 Å². The molecule has 9 heteroatoms. The lowest BCUT2D eigenvalue weighted by atomic mass is 9.97. The third-order valence-corrected chi connectivity index (χ3v) is 4.61. The zero-order chi connectivity index (χ0) is 21.6. The molecule has 0 amide bonds.